The number of rotatable bonds is 4. The number of thioether (sulfide) groups is 1. The second kappa shape index (κ2) is 5.76. The van der Waals surface area contributed by atoms with Crippen LogP contribution in [0.15, 0.2) is 24.3 Å². The molecule has 0 aliphatic carbocycles. The molecule has 0 unspecified atom stereocenters. The first-order valence-electron chi connectivity index (χ1n) is 7.22. The highest BCUT2D eigenvalue weighted by atomic mass is 32.2. The van der Waals surface area contributed by atoms with E-state index in [9.17, 15) is 0 Å². The van der Waals surface area contributed by atoms with E-state index in [1.54, 1.807) is 7.11 Å². The van der Waals surface area contributed by atoms with E-state index in [1.165, 1.54) is 31.2 Å². The van der Waals surface area contributed by atoms with E-state index in [2.05, 4.69) is 48.0 Å². The van der Waals surface area contributed by atoms with Gasteiger partial charge in [-0.25, -0.2) is 0 Å². The summed E-state index contributed by atoms with van der Waals surface area (Å²) in [6.45, 7) is 0. The van der Waals surface area contributed by atoms with Gasteiger partial charge in [0.2, 0.25) is 0 Å². The van der Waals surface area contributed by atoms with Crippen molar-refractivity contribution < 1.29 is 4.74 Å². The molecule has 2 aliphatic rings. The third-order valence-corrected chi connectivity index (χ3v) is 6.06. The van der Waals surface area contributed by atoms with Crippen LogP contribution in [0.2, 0.25) is 0 Å². The average Bonchev–Trinajstić information content (AvgIpc) is 2.68. The summed E-state index contributed by atoms with van der Waals surface area (Å²) < 4.78 is 5.20. The van der Waals surface area contributed by atoms with Crippen molar-refractivity contribution >= 4 is 11.8 Å². The Balaban J connectivity index is 1.52. The number of ether oxygens (including phenoxy) is 1. The van der Waals surface area contributed by atoms with Gasteiger partial charge in [0.25, 0.3) is 0 Å². The van der Waals surface area contributed by atoms with Crippen molar-refractivity contribution in [2.24, 2.45) is 0 Å². The van der Waals surface area contributed by atoms with Gasteiger partial charge in [-0.2, -0.15) is 11.8 Å². The molecule has 2 fully saturated rings. The van der Waals surface area contributed by atoms with Crippen molar-refractivity contribution in [3.8, 4) is 5.75 Å². The van der Waals surface area contributed by atoms with Gasteiger partial charge in [-0.3, -0.25) is 0 Å². The lowest BCUT2D eigenvalue weighted by Crippen LogP contribution is -2.40. The minimum atomic E-state index is 0.854. The maximum Gasteiger partial charge on any atom is 0.118 e. The van der Waals surface area contributed by atoms with E-state index < -0.39 is 0 Å². The first kappa shape index (κ1) is 13.3. The first-order chi connectivity index (χ1) is 9.26. The predicted molar refractivity (Wildman–Crippen MR) is 81.9 cm³/mol. The highest BCUT2D eigenvalue weighted by Gasteiger charge is 2.38. The lowest BCUT2D eigenvalue weighted by Gasteiger charge is -2.36. The van der Waals surface area contributed by atoms with Crippen LogP contribution in [0.25, 0.3) is 0 Å². The number of nitrogens with zero attached hydrogens (tertiary/aromatic N) is 1. The molecular weight excluding hydrogens is 254 g/mol. The topological polar surface area (TPSA) is 12.5 Å². The third kappa shape index (κ3) is 2.92. The Morgan fingerprint density at radius 3 is 2.37 bits per heavy atom. The normalized spacial score (nSPS) is 30.5. The van der Waals surface area contributed by atoms with Gasteiger partial charge in [0.1, 0.15) is 5.75 Å². The van der Waals surface area contributed by atoms with Crippen molar-refractivity contribution in [1.82, 2.24) is 4.90 Å². The summed E-state index contributed by atoms with van der Waals surface area (Å²) >= 11 is 2.15. The van der Waals surface area contributed by atoms with Crippen molar-refractivity contribution in [3.63, 3.8) is 0 Å². The fourth-order valence-corrected chi connectivity index (χ4v) is 4.77. The van der Waals surface area contributed by atoms with E-state index in [-0.39, 0.29) is 0 Å². The number of hydrogen-bond donors (Lipinski definition) is 0. The van der Waals surface area contributed by atoms with Crippen LogP contribution in [0.1, 0.15) is 31.2 Å². The smallest absolute Gasteiger partial charge is 0.118 e. The van der Waals surface area contributed by atoms with Crippen LogP contribution in [-0.2, 0) is 5.75 Å². The van der Waals surface area contributed by atoms with Gasteiger partial charge in [-0.05, 0) is 50.4 Å². The fraction of sp³-hybridized carbons (Fsp3) is 0.625. The van der Waals surface area contributed by atoms with Crippen molar-refractivity contribution in [3.05, 3.63) is 29.8 Å². The summed E-state index contributed by atoms with van der Waals surface area (Å²) in [7, 11) is 4.03. The minimum Gasteiger partial charge on any atom is -0.497 e. The molecule has 3 heteroatoms. The molecule has 0 amide bonds. The molecule has 2 bridgehead atoms. The van der Waals surface area contributed by atoms with Crippen LogP contribution < -0.4 is 4.74 Å². The molecule has 0 radical (unpaired) electrons. The fourth-order valence-electron chi connectivity index (χ4n) is 3.43. The van der Waals surface area contributed by atoms with E-state index in [1.807, 2.05) is 0 Å². The Morgan fingerprint density at radius 2 is 1.79 bits per heavy atom. The van der Waals surface area contributed by atoms with Gasteiger partial charge < -0.3 is 9.64 Å². The summed E-state index contributed by atoms with van der Waals surface area (Å²) in [5, 5.41) is 0.857. The predicted octanol–water partition coefficient (Wildman–Crippen LogP) is 3.55. The van der Waals surface area contributed by atoms with Gasteiger partial charge in [-0.15, -0.1) is 0 Å². The Bertz CT molecular complexity index is 405. The van der Waals surface area contributed by atoms with Crippen molar-refractivity contribution in [2.75, 3.05) is 14.2 Å². The summed E-state index contributed by atoms with van der Waals surface area (Å²) in [6.07, 6.45) is 5.60. The van der Waals surface area contributed by atoms with Gasteiger partial charge >= 0.3 is 0 Å². The lowest BCUT2D eigenvalue weighted by molar-refractivity contribution is 0.183. The molecule has 3 atom stereocenters. The van der Waals surface area contributed by atoms with E-state index in [4.69, 9.17) is 4.74 Å². The van der Waals surface area contributed by atoms with E-state index >= 15 is 0 Å². The Kier molecular flexibility index (Phi) is 4.04. The first-order valence-corrected chi connectivity index (χ1v) is 8.27. The second-order valence-corrected chi connectivity index (χ2v) is 7.09. The molecular formula is C16H23NOS. The molecule has 0 saturated carbocycles. The summed E-state index contributed by atoms with van der Waals surface area (Å²) in [4.78, 5) is 2.62. The number of hydrogen-bond acceptors (Lipinski definition) is 3. The Labute approximate surface area is 120 Å². The zero-order chi connectivity index (χ0) is 13.2. The van der Waals surface area contributed by atoms with Gasteiger partial charge in [0.05, 0.1) is 7.11 Å². The van der Waals surface area contributed by atoms with Crippen LogP contribution >= 0.6 is 11.8 Å². The van der Waals surface area contributed by atoms with E-state index in [0.29, 0.717) is 0 Å². The quantitative estimate of drug-likeness (QED) is 0.835. The Morgan fingerprint density at radius 1 is 1.16 bits per heavy atom. The zero-order valence-electron chi connectivity index (χ0n) is 11.8. The summed E-state index contributed by atoms with van der Waals surface area (Å²) in [5.41, 5.74) is 1.41. The molecule has 1 aromatic carbocycles. The number of piperidine rings is 1. The molecule has 3 rings (SSSR count). The largest absolute Gasteiger partial charge is 0.497 e. The van der Waals surface area contributed by atoms with Gasteiger partial charge in [-0.1, -0.05) is 12.1 Å². The van der Waals surface area contributed by atoms with E-state index in [0.717, 1.165) is 28.8 Å². The monoisotopic (exact) mass is 277 g/mol. The molecule has 2 nitrogen and oxygen atoms in total. The van der Waals surface area contributed by atoms with Crippen molar-refractivity contribution in [1.29, 1.82) is 0 Å². The molecule has 1 aromatic rings. The molecule has 0 aromatic heterocycles. The van der Waals surface area contributed by atoms with Gasteiger partial charge in [0, 0.05) is 23.1 Å². The molecule has 0 N–H and O–H groups in total. The standard InChI is InChI=1S/C16H23NOS/c1-17-13-5-6-14(17)10-16(9-13)19-11-12-3-7-15(18-2)8-4-12/h3-4,7-8,13-14,16H,5-6,9-11H2,1-2H3/t13-,14+,16-. The molecule has 0 spiro atoms. The average molecular weight is 277 g/mol. The molecule has 2 heterocycles. The molecule has 19 heavy (non-hydrogen) atoms. The van der Waals surface area contributed by atoms with Crippen LogP contribution in [-0.4, -0.2) is 36.4 Å². The zero-order valence-corrected chi connectivity index (χ0v) is 12.7. The summed E-state index contributed by atoms with van der Waals surface area (Å²) in [6, 6.07) is 10.2. The summed E-state index contributed by atoms with van der Waals surface area (Å²) in [5.74, 6) is 2.09. The van der Waals surface area contributed by atoms with Crippen molar-refractivity contribution in [2.45, 2.75) is 48.8 Å². The highest BCUT2D eigenvalue weighted by molar-refractivity contribution is 7.99. The molecule has 104 valence electrons. The number of fused-ring (bicyclic) bond motifs is 2. The molecule has 2 saturated heterocycles. The maximum atomic E-state index is 5.20. The molecule has 2 aliphatic heterocycles. The van der Waals surface area contributed by atoms with Crippen LogP contribution in [0.5, 0.6) is 5.75 Å². The minimum absolute atomic E-state index is 0.854. The second-order valence-electron chi connectivity index (χ2n) is 5.80. The SMILES string of the molecule is COc1ccc(CS[C@@H]2C[C@H]3CC[C@@H](C2)N3C)cc1. The highest BCUT2D eigenvalue weighted by Crippen LogP contribution is 2.39. The lowest BCUT2D eigenvalue weighted by atomic mass is 10.0. The number of benzene rings is 1. The van der Waals surface area contributed by atoms with Crippen LogP contribution in [0.3, 0.4) is 0 Å². The maximum absolute atomic E-state index is 5.20. The third-order valence-electron chi connectivity index (χ3n) is 4.70. The van der Waals surface area contributed by atoms with Crippen LogP contribution in [0, 0.1) is 0 Å². The van der Waals surface area contributed by atoms with Crippen LogP contribution in [0.4, 0.5) is 0 Å². The van der Waals surface area contributed by atoms with Gasteiger partial charge in [0.15, 0.2) is 0 Å². The Hall–Kier alpha value is -0.670. The number of methoxy groups -OCH3 is 1.